The standard InChI is InChI=1S/C28H21N3/c1-3-9-19(10-4-1)26-18-27(20-11-5-2-6-12-20)31-28(30-26)21-15-16-25-23(17-21)22-13-7-8-14-24(22)29-25/h1-5,7-11,13-18,29H,6,12H2. The van der Waals surface area contributed by atoms with E-state index < -0.39 is 0 Å². The molecule has 0 fully saturated rings. The Morgan fingerprint density at radius 2 is 1.48 bits per heavy atom. The molecule has 0 atom stereocenters. The zero-order valence-electron chi connectivity index (χ0n) is 17.0. The van der Waals surface area contributed by atoms with Crippen molar-refractivity contribution in [3.63, 3.8) is 0 Å². The van der Waals surface area contributed by atoms with Crippen molar-refractivity contribution in [2.75, 3.05) is 0 Å². The number of nitrogens with zero attached hydrogens (tertiary/aromatic N) is 2. The van der Waals surface area contributed by atoms with Crippen LogP contribution in [-0.4, -0.2) is 15.0 Å². The zero-order chi connectivity index (χ0) is 20.6. The third-order valence-corrected chi connectivity index (χ3v) is 5.90. The first-order valence-electron chi connectivity index (χ1n) is 10.7. The third-order valence-electron chi connectivity index (χ3n) is 5.90. The Morgan fingerprint density at radius 3 is 2.35 bits per heavy atom. The Kier molecular flexibility index (Phi) is 4.24. The summed E-state index contributed by atoms with van der Waals surface area (Å²) in [5.41, 5.74) is 7.63. The third kappa shape index (κ3) is 3.24. The minimum absolute atomic E-state index is 0.763. The molecule has 0 spiro atoms. The lowest BCUT2D eigenvalue weighted by atomic mass is 10.00. The van der Waals surface area contributed by atoms with Crippen LogP contribution in [0, 0.1) is 0 Å². The van der Waals surface area contributed by atoms with Gasteiger partial charge in [0.15, 0.2) is 5.82 Å². The average Bonchev–Trinajstić information content (AvgIpc) is 3.23. The van der Waals surface area contributed by atoms with E-state index in [1.54, 1.807) is 0 Å². The van der Waals surface area contributed by atoms with Crippen LogP contribution in [-0.2, 0) is 0 Å². The highest BCUT2D eigenvalue weighted by Crippen LogP contribution is 2.32. The number of aromatic nitrogens is 3. The number of benzene rings is 3. The topological polar surface area (TPSA) is 41.6 Å². The van der Waals surface area contributed by atoms with E-state index in [1.807, 2.05) is 6.07 Å². The predicted octanol–water partition coefficient (Wildman–Crippen LogP) is 7.18. The molecule has 1 aliphatic carbocycles. The Bertz CT molecular complexity index is 1470. The number of nitrogens with one attached hydrogen (secondary N) is 1. The van der Waals surface area contributed by atoms with Crippen molar-refractivity contribution in [2.45, 2.75) is 12.8 Å². The van der Waals surface area contributed by atoms with Gasteiger partial charge >= 0.3 is 0 Å². The summed E-state index contributed by atoms with van der Waals surface area (Å²) in [6, 6.07) is 27.3. The van der Waals surface area contributed by atoms with Gasteiger partial charge in [-0.2, -0.15) is 0 Å². The molecule has 0 amide bonds. The van der Waals surface area contributed by atoms with Gasteiger partial charge in [-0.3, -0.25) is 0 Å². The van der Waals surface area contributed by atoms with Gasteiger partial charge in [0.2, 0.25) is 0 Å². The molecule has 5 aromatic rings. The van der Waals surface area contributed by atoms with Crippen molar-refractivity contribution in [2.24, 2.45) is 0 Å². The largest absolute Gasteiger partial charge is 0.355 e. The van der Waals surface area contributed by atoms with Crippen molar-refractivity contribution >= 4 is 27.4 Å². The van der Waals surface area contributed by atoms with Crippen molar-refractivity contribution in [1.29, 1.82) is 0 Å². The first kappa shape index (κ1) is 17.8. The molecule has 3 nitrogen and oxygen atoms in total. The second kappa shape index (κ2) is 7.37. The van der Waals surface area contributed by atoms with Gasteiger partial charge in [-0.25, -0.2) is 9.97 Å². The molecule has 0 radical (unpaired) electrons. The van der Waals surface area contributed by atoms with Crippen LogP contribution in [0.15, 0.2) is 97.1 Å². The van der Waals surface area contributed by atoms with E-state index in [2.05, 4.69) is 96.0 Å². The summed E-state index contributed by atoms with van der Waals surface area (Å²) < 4.78 is 0. The molecular weight excluding hydrogens is 378 g/mol. The average molecular weight is 399 g/mol. The van der Waals surface area contributed by atoms with Gasteiger partial charge in [-0.15, -0.1) is 0 Å². The highest BCUT2D eigenvalue weighted by molar-refractivity contribution is 6.08. The van der Waals surface area contributed by atoms with Crippen LogP contribution in [0.3, 0.4) is 0 Å². The fourth-order valence-electron chi connectivity index (χ4n) is 4.30. The Morgan fingerprint density at radius 1 is 0.677 bits per heavy atom. The van der Waals surface area contributed by atoms with Gasteiger partial charge in [0.05, 0.1) is 11.4 Å². The van der Waals surface area contributed by atoms with Crippen LogP contribution in [0.4, 0.5) is 0 Å². The first-order valence-corrected chi connectivity index (χ1v) is 10.7. The Labute approximate surface area is 180 Å². The van der Waals surface area contributed by atoms with Gasteiger partial charge in [-0.1, -0.05) is 66.8 Å². The SMILES string of the molecule is C1=CCCC(c2cc(-c3ccccc3)nc(-c3ccc4[nH]c5ccccc5c4c3)n2)=C1. The highest BCUT2D eigenvalue weighted by atomic mass is 14.9. The minimum atomic E-state index is 0.763. The molecule has 31 heavy (non-hydrogen) atoms. The molecule has 3 heteroatoms. The van der Waals surface area contributed by atoms with Crippen LogP contribution in [0.25, 0.3) is 50.0 Å². The number of hydrogen-bond acceptors (Lipinski definition) is 2. The Hall–Kier alpha value is -3.98. The summed E-state index contributed by atoms with van der Waals surface area (Å²) in [5, 5.41) is 2.42. The Balaban J connectivity index is 1.56. The molecule has 2 aromatic heterocycles. The van der Waals surface area contributed by atoms with Gasteiger partial charge in [-0.05, 0) is 48.7 Å². The molecule has 3 aromatic carbocycles. The quantitative estimate of drug-likeness (QED) is 0.349. The van der Waals surface area contributed by atoms with E-state index in [1.165, 1.54) is 16.3 Å². The molecular formula is C28H21N3. The summed E-state index contributed by atoms with van der Waals surface area (Å²) in [4.78, 5) is 13.5. The molecule has 148 valence electrons. The molecule has 0 bridgehead atoms. The minimum Gasteiger partial charge on any atom is -0.355 e. The van der Waals surface area contributed by atoms with Gasteiger partial charge in [0.1, 0.15) is 0 Å². The van der Waals surface area contributed by atoms with E-state index >= 15 is 0 Å². The van der Waals surface area contributed by atoms with Crippen molar-refractivity contribution in [1.82, 2.24) is 15.0 Å². The van der Waals surface area contributed by atoms with E-state index in [0.717, 1.165) is 52.2 Å². The second-order valence-corrected chi connectivity index (χ2v) is 7.92. The number of allylic oxidation sites excluding steroid dienone is 4. The fraction of sp³-hybridized carbons (Fsp3) is 0.0714. The van der Waals surface area contributed by atoms with Gasteiger partial charge in [0.25, 0.3) is 0 Å². The number of fused-ring (bicyclic) bond motifs is 3. The van der Waals surface area contributed by atoms with Gasteiger partial charge < -0.3 is 4.98 Å². The van der Waals surface area contributed by atoms with Gasteiger partial charge in [0, 0.05) is 32.9 Å². The molecule has 2 heterocycles. The summed E-state index contributed by atoms with van der Waals surface area (Å²) >= 11 is 0. The molecule has 1 aliphatic rings. The summed E-state index contributed by atoms with van der Waals surface area (Å²) in [6.45, 7) is 0. The number of hydrogen-bond donors (Lipinski definition) is 1. The molecule has 0 aliphatic heterocycles. The van der Waals surface area contributed by atoms with E-state index in [9.17, 15) is 0 Å². The maximum atomic E-state index is 5.00. The van der Waals surface area contributed by atoms with Crippen LogP contribution >= 0.6 is 0 Å². The molecule has 1 N–H and O–H groups in total. The van der Waals surface area contributed by atoms with E-state index in [-0.39, 0.29) is 0 Å². The smallest absolute Gasteiger partial charge is 0.160 e. The summed E-state index contributed by atoms with van der Waals surface area (Å²) in [7, 11) is 0. The number of H-pyrrole nitrogens is 1. The molecule has 0 saturated carbocycles. The first-order chi connectivity index (χ1) is 15.3. The van der Waals surface area contributed by atoms with E-state index in [4.69, 9.17) is 9.97 Å². The van der Waals surface area contributed by atoms with Crippen LogP contribution in [0.2, 0.25) is 0 Å². The molecule has 0 saturated heterocycles. The molecule has 6 rings (SSSR count). The van der Waals surface area contributed by atoms with E-state index in [0.29, 0.717) is 0 Å². The predicted molar refractivity (Wildman–Crippen MR) is 129 cm³/mol. The van der Waals surface area contributed by atoms with Crippen LogP contribution < -0.4 is 0 Å². The maximum absolute atomic E-state index is 5.00. The number of para-hydroxylation sites is 1. The lowest BCUT2D eigenvalue weighted by Gasteiger charge is -2.12. The zero-order valence-corrected chi connectivity index (χ0v) is 17.0. The summed E-state index contributed by atoms with van der Waals surface area (Å²) in [6.07, 6.45) is 8.55. The lowest BCUT2D eigenvalue weighted by molar-refractivity contribution is 1.03. The fourth-order valence-corrected chi connectivity index (χ4v) is 4.30. The lowest BCUT2D eigenvalue weighted by Crippen LogP contribution is -1.99. The molecule has 0 unspecified atom stereocenters. The number of rotatable bonds is 3. The van der Waals surface area contributed by atoms with Crippen molar-refractivity contribution in [3.05, 3.63) is 103 Å². The van der Waals surface area contributed by atoms with Crippen LogP contribution in [0.5, 0.6) is 0 Å². The maximum Gasteiger partial charge on any atom is 0.160 e. The van der Waals surface area contributed by atoms with Crippen molar-refractivity contribution < 1.29 is 0 Å². The normalized spacial score (nSPS) is 13.6. The highest BCUT2D eigenvalue weighted by Gasteiger charge is 2.14. The second-order valence-electron chi connectivity index (χ2n) is 7.92. The van der Waals surface area contributed by atoms with Crippen molar-refractivity contribution in [3.8, 4) is 22.6 Å². The summed E-state index contributed by atoms with van der Waals surface area (Å²) in [5.74, 6) is 0.763. The monoisotopic (exact) mass is 399 g/mol. The van der Waals surface area contributed by atoms with Crippen LogP contribution in [0.1, 0.15) is 18.5 Å². The number of aromatic amines is 1.